The molecule has 4 rings (SSSR count). The van der Waals surface area contributed by atoms with Crippen LogP contribution in [0, 0.1) is 5.92 Å². The molecule has 0 radical (unpaired) electrons. The number of hydrogen-bond donors (Lipinski definition) is 1. The van der Waals surface area contributed by atoms with E-state index in [-0.39, 0.29) is 23.8 Å². The van der Waals surface area contributed by atoms with Gasteiger partial charge in [0.15, 0.2) is 0 Å². The number of nitrogens with one attached hydrogen (secondary N) is 1. The SMILES string of the molecule is O=C1NC2CC(C(=O)N3CCOCC3)CCC2S/C1=C\c1ccccc1. The lowest BCUT2D eigenvalue weighted by Gasteiger charge is -2.41. The Kier molecular flexibility index (Phi) is 5.31. The Hall–Kier alpha value is -1.79. The number of morpholine rings is 1. The average Bonchev–Trinajstić information content (AvgIpc) is 2.69. The van der Waals surface area contributed by atoms with Crippen molar-refractivity contribution >= 4 is 29.7 Å². The molecule has 0 aromatic heterocycles. The van der Waals surface area contributed by atoms with Gasteiger partial charge in [-0.1, -0.05) is 30.3 Å². The molecule has 0 spiro atoms. The molecule has 26 heavy (non-hydrogen) atoms. The Labute approximate surface area is 158 Å². The van der Waals surface area contributed by atoms with Gasteiger partial charge in [0.2, 0.25) is 5.91 Å². The zero-order chi connectivity index (χ0) is 17.9. The Balaban J connectivity index is 1.40. The van der Waals surface area contributed by atoms with Crippen LogP contribution in [-0.4, -0.2) is 54.3 Å². The molecule has 0 bridgehead atoms. The zero-order valence-electron chi connectivity index (χ0n) is 14.7. The van der Waals surface area contributed by atoms with Gasteiger partial charge in [0.25, 0.3) is 5.91 Å². The molecule has 2 amide bonds. The highest BCUT2D eigenvalue weighted by Crippen LogP contribution is 2.40. The number of carbonyl (C=O) groups excluding carboxylic acids is 2. The second-order valence-electron chi connectivity index (χ2n) is 7.10. The molecule has 1 aromatic carbocycles. The van der Waals surface area contributed by atoms with Gasteiger partial charge in [-0.3, -0.25) is 9.59 Å². The van der Waals surface area contributed by atoms with Crippen LogP contribution < -0.4 is 5.32 Å². The fourth-order valence-electron chi connectivity index (χ4n) is 3.96. The Bertz CT molecular complexity index is 700. The predicted molar refractivity (Wildman–Crippen MR) is 102 cm³/mol. The zero-order valence-corrected chi connectivity index (χ0v) is 15.5. The van der Waals surface area contributed by atoms with Gasteiger partial charge in [0, 0.05) is 30.3 Å². The van der Waals surface area contributed by atoms with Crippen LogP contribution in [0.1, 0.15) is 24.8 Å². The molecule has 2 aliphatic heterocycles. The van der Waals surface area contributed by atoms with Crippen molar-refractivity contribution in [2.24, 2.45) is 5.92 Å². The number of nitrogens with zero attached hydrogens (tertiary/aromatic N) is 1. The lowest BCUT2D eigenvalue weighted by Crippen LogP contribution is -2.53. The monoisotopic (exact) mass is 372 g/mol. The first-order valence-corrected chi connectivity index (χ1v) is 10.2. The van der Waals surface area contributed by atoms with Crippen molar-refractivity contribution < 1.29 is 14.3 Å². The van der Waals surface area contributed by atoms with Crippen LogP contribution in [0.25, 0.3) is 6.08 Å². The second kappa shape index (κ2) is 7.84. The minimum atomic E-state index is -0.0143. The maximum Gasteiger partial charge on any atom is 0.257 e. The van der Waals surface area contributed by atoms with E-state index in [9.17, 15) is 9.59 Å². The summed E-state index contributed by atoms with van der Waals surface area (Å²) < 4.78 is 5.34. The van der Waals surface area contributed by atoms with Crippen molar-refractivity contribution in [2.45, 2.75) is 30.6 Å². The van der Waals surface area contributed by atoms with E-state index in [0.717, 1.165) is 29.7 Å². The van der Waals surface area contributed by atoms with Crippen molar-refractivity contribution in [1.82, 2.24) is 10.2 Å². The lowest BCUT2D eigenvalue weighted by molar-refractivity contribution is -0.141. The molecule has 3 aliphatic rings. The molecule has 3 atom stereocenters. The van der Waals surface area contributed by atoms with Gasteiger partial charge in [-0.25, -0.2) is 0 Å². The van der Waals surface area contributed by atoms with E-state index in [2.05, 4.69) is 5.32 Å². The Morgan fingerprint density at radius 2 is 1.96 bits per heavy atom. The van der Waals surface area contributed by atoms with E-state index in [1.54, 1.807) is 11.8 Å². The van der Waals surface area contributed by atoms with Gasteiger partial charge in [-0.05, 0) is 30.9 Å². The Morgan fingerprint density at radius 3 is 2.73 bits per heavy atom. The molecule has 5 nitrogen and oxygen atoms in total. The topological polar surface area (TPSA) is 58.6 Å². The smallest absolute Gasteiger partial charge is 0.257 e. The minimum Gasteiger partial charge on any atom is -0.378 e. The first-order valence-electron chi connectivity index (χ1n) is 9.31. The Morgan fingerprint density at radius 1 is 1.19 bits per heavy atom. The first-order chi connectivity index (χ1) is 12.7. The number of ether oxygens (including phenoxy) is 1. The summed E-state index contributed by atoms with van der Waals surface area (Å²) in [7, 11) is 0. The highest BCUT2D eigenvalue weighted by Gasteiger charge is 2.40. The third kappa shape index (κ3) is 3.81. The van der Waals surface area contributed by atoms with Crippen LogP contribution in [0.5, 0.6) is 0 Å². The van der Waals surface area contributed by atoms with E-state index in [1.165, 1.54) is 0 Å². The molecule has 2 heterocycles. The van der Waals surface area contributed by atoms with E-state index in [4.69, 9.17) is 4.74 Å². The van der Waals surface area contributed by atoms with E-state index in [1.807, 2.05) is 41.3 Å². The maximum atomic E-state index is 12.8. The number of hydrogen-bond acceptors (Lipinski definition) is 4. The van der Waals surface area contributed by atoms with Gasteiger partial charge in [0.1, 0.15) is 0 Å². The molecular formula is C20H24N2O3S. The summed E-state index contributed by atoms with van der Waals surface area (Å²) in [5.74, 6) is 0.242. The normalized spacial score (nSPS) is 30.6. The third-order valence-corrected chi connectivity index (χ3v) is 6.80. The van der Waals surface area contributed by atoms with Crippen molar-refractivity contribution in [3.8, 4) is 0 Å². The van der Waals surface area contributed by atoms with Gasteiger partial charge >= 0.3 is 0 Å². The van der Waals surface area contributed by atoms with Crippen molar-refractivity contribution in [2.75, 3.05) is 26.3 Å². The van der Waals surface area contributed by atoms with Gasteiger partial charge in [0.05, 0.1) is 18.1 Å². The maximum absolute atomic E-state index is 12.8. The predicted octanol–water partition coefficient (Wildman–Crippen LogP) is 2.29. The highest BCUT2D eigenvalue weighted by atomic mass is 32.2. The van der Waals surface area contributed by atoms with Crippen LogP contribution in [0.15, 0.2) is 35.2 Å². The standard InChI is InChI=1S/C20H24N2O3S/c23-19-18(12-14-4-2-1-3-5-14)26-17-7-6-15(13-16(17)21-19)20(24)22-8-10-25-11-9-22/h1-5,12,15-17H,6-11,13H2,(H,21,23)/b18-12-. The summed E-state index contributed by atoms with van der Waals surface area (Å²) >= 11 is 1.67. The van der Waals surface area contributed by atoms with E-state index < -0.39 is 0 Å². The molecule has 1 aliphatic carbocycles. The lowest BCUT2D eigenvalue weighted by atomic mass is 9.84. The van der Waals surface area contributed by atoms with E-state index >= 15 is 0 Å². The number of rotatable bonds is 2. The molecule has 3 unspecified atom stereocenters. The molecule has 2 saturated heterocycles. The van der Waals surface area contributed by atoms with E-state index in [0.29, 0.717) is 31.6 Å². The largest absolute Gasteiger partial charge is 0.378 e. The van der Waals surface area contributed by atoms with Crippen LogP contribution in [-0.2, 0) is 14.3 Å². The molecule has 1 aromatic rings. The first kappa shape index (κ1) is 17.6. The average molecular weight is 372 g/mol. The molecule has 3 fully saturated rings. The van der Waals surface area contributed by atoms with Crippen LogP contribution in [0.3, 0.4) is 0 Å². The molecule has 6 heteroatoms. The minimum absolute atomic E-state index is 0.0143. The highest BCUT2D eigenvalue weighted by molar-refractivity contribution is 8.04. The molecular weight excluding hydrogens is 348 g/mol. The summed E-state index contributed by atoms with van der Waals surface area (Å²) in [6, 6.07) is 10.0. The summed E-state index contributed by atoms with van der Waals surface area (Å²) in [5.41, 5.74) is 1.04. The number of amides is 2. The summed E-state index contributed by atoms with van der Waals surface area (Å²) in [6.45, 7) is 2.64. The summed E-state index contributed by atoms with van der Waals surface area (Å²) in [4.78, 5) is 28.0. The third-order valence-electron chi connectivity index (χ3n) is 5.37. The molecule has 1 N–H and O–H groups in total. The quantitative estimate of drug-likeness (QED) is 0.810. The number of benzene rings is 1. The fraction of sp³-hybridized carbons (Fsp3) is 0.500. The van der Waals surface area contributed by atoms with Crippen molar-refractivity contribution in [3.63, 3.8) is 0 Å². The van der Waals surface area contributed by atoms with Crippen molar-refractivity contribution in [3.05, 3.63) is 40.8 Å². The van der Waals surface area contributed by atoms with Gasteiger partial charge in [-0.15, -0.1) is 11.8 Å². The summed E-state index contributed by atoms with van der Waals surface area (Å²) in [5, 5.41) is 3.51. The fourth-order valence-corrected chi connectivity index (χ4v) is 5.25. The van der Waals surface area contributed by atoms with Crippen LogP contribution in [0.4, 0.5) is 0 Å². The molecule has 1 saturated carbocycles. The number of thioether (sulfide) groups is 1. The number of carbonyl (C=O) groups is 2. The van der Waals surface area contributed by atoms with Gasteiger partial charge in [-0.2, -0.15) is 0 Å². The summed E-state index contributed by atoms with van der Waals surface area (Å²) in [6.07, 6.45) is 4.57. The van der Waals surface area contributed by atoms with Crippen molar-refractivity contribution in [1.29, 1.82) is 0 Å². The van der Waals surface area contributed by atoms with Crippen LogP contribution in [0.2, 0.25) is 0 Å². The number of fused-ring (bicyclic) bond motifs is 1. The van der Waals surface area contributed by atoms with Gasteiger partial charge < -0.3 is 15.0 Å². The van der Waals surface area contributed by atoms with Crippen LogP contribution >= 0.6 is 11.8 Å². The molecule has 138 valence electrons. The second-order valence-corrected chi connectivity index (χ2v) is 8.38.